The lowest BCUT2D eigenvalue weighted by Crippen LogP contribution is -2.15. The number of nitrogens with one attached hydrogen (secondary N) is 1. The molecule has 3 heterocycles. The van der Waals surface area contributed by atoms with Gasteiger partial charge in [0.1, 0.15) is 16.4 Å². The number of thiophene rings is 1. The number of aromatic amines is 1. The molecule has 1 aliphatic rings. The number of rotatable bonds is 5. The van der Waals surface area contributed by atoms with Crippen LogP contribution >= 0.6 is 23.1 Å². The predicted molar refractivity (Wildman–Crippen MR) is 129 cm³/mol. The Morgan fingerprint density at radius 3 is 3.00 bits per heavy atom. The minimum absolute atomic E-state index is 0.0282. The smallest absolute Gasteiger partial charge is 0.259 e. The monoisotopic (exact) mass is 467 g/mol. The Morgan fingerprint density at radius 2 is 2.19 bits per heavy atom. The maximum atomic E-state index is 12.9. The number of hydrogen-bond acceptors (Lipinski definition) is 7. The molecule has 0 radical (unpaired) electrons. The molecule has 5 rings (SSSR count). The van der Waals surface area contributed by atoms with Crippen LogP contribution in [-0.2, 0) is 19.9 Å². The lowest BCUT2D eigenvalue weighted by Gasteiger charge is -2.17. The fourth-order valence-electron chi connectivity index (χ4n) is 4.20. The number of methoxy groups -OCH3 is 1. The van der Waals surface area contributed by atoms with Crippen molar-refractivity contribution in [3.63, 3.8) is 0 Å². The summed E-state index contributed by atoms with van der Waals surface area (Å²) in [6.45, 7) is 4.31. The highest BCUT2D eigenvalue weighted by molar-refractivity contribution is 7.99. The van der Waals surface area contributed by atoms with Crippen LogP contribution in [0.4, 0.5) is 0 Å². The number of aromatic nitrogens is 5. The van der Waals surface area contributed by atoms with Gasteiger partial charge in [-0.15, -0.1) is 21.5 Å². The Bertz CT molecular complexity index is 1360. The summed E-state index contributed by atoms with van der Waals surface area (Å²) in [5.74, 6) is 2.87. The van der Waals surface area contributed by atoms with Crippen LogP contribution in [0.5, 0.6) is 5.75 Å². The zero-order chi connectivity index (χ0) is 22.4. The average molecular weight is 468 g/mol. The molecule has 3 aromatic heterocycles. The number of H-pyrrole nitrogens is 1. The van der Waals surface area contributed by atoms with Crippen LogP contribution in [0.15, 0.2) is 34.2 Å². The first-order chi connectivity index (χ1) is 15.4. The number of aryl methyl sites for hydroxylation is 1. The van der Waals surface area contributed by atoms with Gasteiger partial charge in [0.2, 0.25) is 0 Å². The van der Waals surface area contributed by atoms with Crippen molar-refractivity contribution < 1.29 is 4.74 Å². The molecule has 1 N–H and O–H groups in total. The number of thioether (sulfide) groups is 1. The van der Waals surface area contributed by atoms with Gasteiger partial charge in [-0.3, -0.25) is 4.79 Å². The molecular formula is C23H25N5O2S2. The van der Waals surface area contributed by atoms with Gasteiger partial charge >= 0.3 is 0 Å². The van der Waals surface area contributed by atoms with E-state index in [0.29, 0.717) is 11.7 Å². The first-order valence-corrected chi connectivity index (χ1v) is 12.4. The van der Waals surface area contributed by atoms with Gasteiger partial charge in [0.05, 0.1) is 17.7 Å². The fourth-order valence-corrected chi connectivity index (χ4v) is 6.47. The normalized spacial score (nSPS) is 16.8. The summed E-state index contributed by atoms with van der Waals surface area (Å²) < 4.78 is 7.28. The molecular weight excluding hydrogens is 442 g/mol. The van der Waals surface area contributed by atoms with Crippen molar-refractivity contribution in [3.05, 3.63) is 50.9 Å². The highest BCUT2D eigenvalue weighted by Gasteiger charge is 2.24. The van der Waals surface area contributed by atoms with E-state index in [0.717, 1.165) is 51.8 Å². The second-order valence-corrected chi connectivity index (χ2v) is 10.7. The van der Waals surface area contributed by atoms with Gasteiger partial charge in [-0.2, -0.15) is 0 Å². The molecule has 0 unspecified atom stereocenters. The first-order valence-electron chi connectivity index (χ1n) is 10.7. The lowest BCUT2D eigenvalue weighted by atomic mass is 9.89. The van der Waals surface area contributed by atoms with Crippen molar-refractivity contribution in [2.45, 2.75) is 43.5 Å². The summed E-state index contributed by atoms with van der Waals surface area (Å²) in [6, 6.07) is 7.76. The van der Waals surface area contributed by atoms with Gasteiger partial charge in [-0.25, -0.2) is 4.98 Å². The van der Waals surface area contributed by atoms with Gasteiger partial charge < -0.3 is 14.3 Å². The zero-order valence-electron chi connectivity index (χ0n) is 18.5. The molecule has 166 valence electrons. The molecule has 0 spiro atoms. The number of hydrogen-bond donors (Lipinski definition) is 1. The van der Waals surface area contributed by atoms with Crippen LogP contribution in [0.3, 0.4) is 0 Å². The zero-order valence-corrected chi connectivity index (χ0v) is 20.1. The van der Waals surface area contributed by atoms with Crippen molar-refractivity contribution in [2.75, 3.05) is 7.11 Å². The number of nitrogens with zero attached hydrogens (tertiary/aromatic N) is 4. The quantitative estimate of drug-likeness (QED) is 0.426. The number of fused-ring (bicyclic) bond motifs is 3. The van der Waals surface area contributed by atoms with E-state index in [9.17, 15) is 4.79 Å². The predicted octanol–water partition coefficient (Wildman–Crippen LogP) is 4.77. The molecule has 1 aliphatic carbocycles. The summed E-state index contributed by atoms with van der Waals surface area (Å²) in [7, 11) is 3.59. The largest absolute Gasteiger partial charge is 0.497 e. The van der Waals surface area contributed by atoms with Crippen molar-refractivity contribution >= 4 is 33.3 Å². The van der Waals surface area contributed by atoms with E-state index in [4.69, 9.17) is 9.72 Å². The maximum absolute atomic E-state index is 12.9. The third-order valence-electron chi connectivity index (χ3n) is 6.01. The van der Waals surface area contributed by atoms with E-state index in [1.165, 1.54) is 22.2 Å². The van der Waals surface area contributed by atoms with Crippen LogP contribution in [0.1, 0.15) is 41.8 Å². The highest BCUT2D eigenvalue weighted by Crippen LogP contribution is 2.38. The summed E-state index contributed by atoms with van der Waals surface area (Å²) >= 11 is 3.21. The summed E-state index contributed by atoms with van der Waals surface area (Å²) in [4.78, 5) is 23.0. The molecule has 32 heavy (non-hydrogen) atoms. The van der Waals surface area contributed by atoms with Crippen molar-refractivity contribution in [1.29, 1.82) is 0 Å². The van der Waals surface area contributed by atoms with E-state index in [2.05, 4.69) is 22.1 Å². The van der Waals surface area contributed by atoms with Crippen molar-refractivity contribution in [3.8, 4) is 17.1 Å². The van der Waals surface area contributed by atoms with Crippen LogP contribution in [-0.4, -0.2) is 31.8 Å². The Labute approximate surface area is 194 Å². The molecule has 7 nitrogen and oxygen atoms in total. The third kappa shape index (κ3) is 3.73. The van der Waals surface area contributed by atoms with E-state index in [1.807, 2.05) is 42.8 Å². The molecule has 0 aliphatic heterocycles. The van der Waals surface area contributed by atoms with Gasteiger partial charge in [0.15, 0.2) is 11.0 Å². The van der Waals surface area contributed by atoms with E-state index in [1.54, 1.807) is 18.4 Å². The van der Waals surface area contributed by atoms with E-state index in [-0.39, 0.29) is 10.8 Å². The van der Waals surface area contributed by atoms with Crippen LogP contribution in [0.25, 0.3) is 21.6 Å². The average Bonchev–Trinajstić information content (AvgIpc) is 3.33. The third-order valence-corrected chi connectivity index (χ3v) is 8.31. The van der Waals surface area contributed by atoms with Gasteiger partial charge in [-0.1, -0.05) is 30.8 Å². The molecule has 1 aromatic carbocycles. The van der Waals surface area contributed by atoms with Crippen LogP contribution in [0, 0.1) is 5.92 Å². The van der Waals surface area contributed by atoms with Crippen LogP contribution < -0.4 is 10.3 Å². The van der Waals surface area contributed by atoms with Crippen molar-refractivity contribution in [2.24, 2.45) is 13.0 Å². The highest BCUT2D eigenvalue weighted by atomic mass is 32.2. The SMILES string of the molecule is COc1cccc(-c2nnc(S[C@H](C)c3nc4sc5c(c4c(=O)[nH]3)CC[C@H](C)C5)n2C)c1. The van der Waals surface area contributed by atoms with Crippen molar-refractivity contribution in [1.82, 2.24) is 24.7 Å². The van der Waals surface area contributed by atoms with E-state index < -0.39 is 0 Å². The Kier molecular flexibility index (Phi) is 5.54. The fraction of sp³-hybridized carbons (Fsp3) is 0.391. The second kappa shape index (κ2) is 8.37. The topological polar surface area (TPSA) is 85.7 Å². The Balaban J connectivity index is 1.43. The Morgan fingerprint density at radius 1 is 1.34 bits per heavy atom. The van der Waals surface area contributed by atoms with Gasteiger partial charge in [0.25, 0.3) is 5.56 Å². The molecule has 0 saturated carbocycles. The molecule has 9 heteroatoms. The van der Waals surface area contributed by atoms with Gasteiger partial charge in [0, 0.05) is 17.5 Å². The molecule has 2 atom stereocenters. The molecule has 0 bridgehead atoms. The molecule has 0 fully saturated rings. The van der Waals surface area contributed by atoms with Gasteiger partial charge in [-0.05, 0) is 49.8 Å². The minimum Gasteiger partial charge on any atom is -0.497 e. The number of ether oxygens (including phenoxy) is 1. The molecule has 4 aromatic rings. The first kappa shape index (κ1) is 21.2. The van der Waals surface area contributed by atoms with Crippen LogP contribution in [0.2, 0.25) is 0 Å². The summed E-state index contributed by atoms with van der Waals surface area (Å²) in [5.41, 5.74) is 2.12. The molecule has 0 amide bonds. The second-order valence-electron chi connectivity index (χ2n) is 8.34. The van der Waals surface area contributed by atoms with E-state index >= 15 is 0 Å². The summed E-state index contributed by atoms with van der Waals surface area (Å²) in [6.07, 6.45) is 3.15. The molecule has 0 saturated heterocycles. The minimum atomic E-state index is -0.0776. The Hall–Kier alpha value is -2.65. The number of benzene rings is 1. The maximum Gasteiger partial charge on any atom is 0.259 e. The summed E-state index contributed by atoms with van der Waals surface area (Å²) in [5, 5.41) is 10.2. The lowest BCUT2D eigenvalue weighted by molar-refractivity contribution is 0.415. The standard InChI is InChI=1S/C23H25N5O2S2/c1-12-8-9-16-17(10-12)32-22-18(16)21(29)24-19(25-22)13(2)31-23-27-26-20(28(23)3)14-6-5-7-15(11-14)30-4/h5-7,11-13H,8-10H2,1-4H3,(H,24,25,29)/t12-,13+/m0/s1.